The van der Waals surface area contributed by atoms with E-state index in [2.05, 4.69) is 15.6 Å². The number of aliphatic hydroxyl groups is 1. The number of amides is 1. The van der Waals surface area contributed by atoms with Crippen molar-refractivity contribution in [2.24, 2.45) is 0 Å². The van der Waals surface area contributed by atoms with Crippen molar-refractivity contribution < 1.29 is 19.2 Å². The molecule has 2 heterocycles. The molecule has 11 heteroatoms. The van der Waals surface area contributed by atoms with Crippen LogP contribution in [-0.4, -0.2) is 45.2 Å². The van der Waals surface area contributed by atoms with Crippen molar-refractivity contribution in [1.29, 1.82) is 0 Å². The van der Waals surface area contributed by atoms with Gasteiger partial charge in [-0.1, -0.05) is 41.4 Å². The SMILES string of the molecule is C[C@@]1(C(=O)Nc2cccc(Cl)n2)N[C@@H](CCO)[C@@H]([N+](=O)[O-])[C@@H]1c1cccc(Cl)c1F. The van der Waals surface area contributed by atoms with Gasteiger partial charge in [-0.25, -0.2) is 9.37 Å². The third-order valence-electron chi connectivity index (χ3n) is 5.29. The van der Waals surface area contributed by atoms with E-state index >= 15 is 0 Å². The van der Waals surface area contributed by atoms with E-state index in [1.54, 1.807) is 6.07 Å². The van der Waals surface area contributed by atoms with Gasteiger partial charge in [0.25, 0.3) is 0 Å². The molecule has 1 aliphatic heterocycles. The first kappa shape index (κ1) is 22.4. The minimum atomic E-state index is -1.60. The normalized spacial score (nSPS) is 25.8. The monoisotopic (exact) mass is 456 g/mol. The molecule has 8 nitrogen and oxygen atoms in total. The Morgan fingerprint density at radius 3 is 2.70 bits per heavy atom. The van der Waals surface area contributed by atoms with Crippen molar-refractivity contribution in [2.45, 2.75) is 36.9 Å². The molecule has 1 saturated heterocycles. The summed E-state index contributed by atoms with van der Waals surface area (Å²) in [6.07, 6.45) is 0.00260. The third kappa shape index (κ3) is 4.11. The van der Waals surface area contributed by atoms with Crippen LogP contribution in [0.2, 0.25) is 10.2 Å². The van der Waals surface area contributed by atoms with E-state index < -0.39 is 40.2 Å². The van der Waals surface area contributed by atoms with Crippen LogP contribution in [0.25, 0.3) is 0 Å². The van der Waals surface area contributed by atoms with Gasteiger partial charge in [-0.3, -0.25) is 20.2 Å². The highest BCUT2D eigenvalue weighted by Gasteiger charge is 2.61. The number of hydrogen-bond acceptors (Lipinski definition) is 6. The maximum Gasteiger partial charge on any atom is 0.246 e. The molecule has 1 amide bonds. The molecule has 0 radical (unpaired) electrons. The first-order valence-corrected chi connectivity index (χ1v) is 9.84. The maximum atomic E-state index is 14.9. The minimum absolute atomic E-state index is 0.00260. The zero-order chi connectivity index (χ0) is 22.1. The van der Waals surface area contributed by atoms with Crippen LogP contribution in [0.1, 0.15) is 24.8 Å². The van der Waals surface area contributed by atoms with Gasteiger partial charge in [0.2, 0.25) is 11.9 Å². The number of aromatic nitrogens is 1. The fraction of sp³-hybridized carbons (Fsp3) is 0.368. The van der Waals surface area contributed by atoms with E-state index in [9.17, 15) is 24.4 Å². The number of benzene rings is 1. The highest BCUT2D eigenvalue weighted by molar-refractivity contribution is 6.30. The first-order valence-electron chi connectivity index (χ1n) is 9.09. The molecule has 0 aliphatic carbocycles. The average Bonchev–Trinajstić information content (AvgIpc) is 2.98. The van der Waals surface area contributed by atoms with Crippen molar-refractivity contribution in [1.82, 2.24) is 10.3 Å². The van der Waals surface area contributed by atoms with Gasteiger partial charge < -0.3 is 10.4 Å². The number of nitrogens with zero attached hydrogens (tertiary/aromatic N) is 2. The van der Waals surface area contributed by atoms with Gasteiger partial charge in [-0.15, -0.1) is 0 Å². The molecular weight excluding hydrogens is 438 g/mol. The van der Waals surface area contributed by atoms with Crippen LogP contribution in [-0.2, 0) is 4.79 Å². The fourth-order valence-corrected chi connectivity index (χ4v) is 4.32. The summed E-state index contributed by atoms with van der Waals surface area (Å²) in [7, 11) is 0. The number of nitrogens with one attached hydrogen (secondary N) is 2. The summed E-state index contributed by atoms with van der Waals surface area (Å²) < 4.78 is 14.9. The van der Waals surface area contributed by atoms with E-state index in [1.165, 1.54) is 37.3 Å². The topological polar surface area (TPSA) is 117 Å². The predicted octanol–water partition coefficient (Wildman–Crippen LogP) is 3.01. The molecule has 1 aromatic heterocycles. The second-order valence-corrected chi connectivity index (χ2v) is 7.96. The lowest BCUT2D eigenvalue weighted by atomic mass is 9.77. The summed E-state index contributed by atoms with van der Waals surface area (Å²) >= 11 is 11.8. The van der Waals surface area contributed by atoms with Crippen LogP contribution in [0.3, 0.4) is 0 Å². The standard InChI is InChI=1S/C19H19Cl2FN4O4/c1-19(18(28)24-14-7-3-6-13(21)23-14)15(10-4-2-5-11(20)16(10)22)17(26(29)30)12(25-19)8-9-27/h2-7,12,15,17,25,27H,8-9H2,1H3,(H,23,24,28)/t12-,15-,17+,19+/m0/s1. The van der Waals surface area contributed by atoms with Crippen LogP contribution in [0.4, 0.5) is 10.2 Å². The van der Waals surface area contributed by atoms with Crippen molar-refractivity contribution >= 4 is 34.9 Å². The molecule has 3 rings (SSSR count). The molecular formula is C19H19Cl2FN4O4. The Bertz CT molecular complexity index is 979. The van der Waals surface area contributed by atoms with Gasteiger partial charge in [0.05, 0.1) is 17.0 Å². The number of aliphatic hydroxyl groups excluding tert-OH is 1. The quantitative estimate of drug-likeness (QED) is 0.349. The Hall–Kier alpha value is -2.33. The zero-order valence-electron chi connectivity index (χ0n) is 15.8. The zero-order valence-corrected chi connectivity index (χ0v) is 17.3. The van der Waals surface area contributed by atoms with Crippen LogP contribution in [0.15, 0.2) is 36.4 Å². The highest BCUT2D eigenvalue weighted by atomic mass is 35.5. The van der Waals surface area contributed by atoms with Crippen molar-refractivity contribution in [3.8, 4) is 0 Å². The van der Waals surface area contributed by atoms with Gasteiger partial charge in [-0.05, 0) is 31.5 Å². The Morgan fingerprint density at radius 1 is 1.37 bits per heavy atom. The number of hydrogen-bond donors (Lipinski definition) is 3. The molecule has 2 aromatic rings. The summed E-state index contributed by atoms with van der Waals surface area (Å²) in [6.45, 7) is 1.10. The molecule has 0 saturated carbocycles. The third-order valence-corrected chi connectivity index (χ3v) is 5.79. The van der Waals surface area contributed by atoms with E-state index in [4.69, 9.17) is 23.2 Å². The van der Waals surface area contributed by atoms with Crippen molar-refractivity contribution in [2.75, 3.05) is 11.9 Å². The average molecular weight is 457 g/mol. The summed E-state index contributed by atoms with van der Waals surface area (Å²) in [5.41, 5.74) is -1.67. The molecule has 1 aromatic carbocycles. The predicted molar refractivity (Wildman–Crippen MR) is 110 cm³/mol. The molecule has 4 atom stereocenters. The van der Waals surface area contributed by atoms with Gasteiger partial charge in [0.1, 0.15) is 22.3 Å². The van der Waals surface area contributed by atoms with E-state index in [0.29, 0.717) is 0 Å². The van der Waals surface area contributed by atoms with Crippen LogP contribution in [0, 0.1) is 15.9 Å². The van der Waals surface area contributed by atoms with Gasteiger partial charge >= 0.3 is 0 Å². The number of anilines is 1. The number of carbonyl (C=O) groups excluding carboxylic acids is 1. The van der Waals surface area contributed by atoms with Crippen molar-refractivity contribution in [3.63, 3.8) is 0 Å². The Morgan fingerprint density at radius 2 is 2.07 bits per heavy atom. The van der Waals surface area contributed by atoms with Crippen LogP contribution < -0.4 is 10.6 Å². The molecule has 1 aliphatic rings. The van der Waals surface area contributed by atoms with Crippen LogP contribution in [0.5, 0.6) is 0 Å². The maximum absolute atomic E-state index is 14.9. The number of pyridine rings is 1. The molecule has 3 N–H and O–H groups in total. The molecule has 0 unspecified atom stereocenters. The Balaban J connectivity index is 2.09. The summed E-state index contributed by atoms with van der Waals surface area (Å²) in [4.78, 5) is 28.6. The number of nitro groups is 1. The Kier molecular flexibility index (Phi) is 6.56. The summed E-state index contributed by atoms with van der Waals surface area (Å²) in [5, 5.41) is 26.8. The largest absolute Gasteiger partial charge is 0.396 e. The second kappa shape index (κ2) is 8.81. The lowest BCUT2D eigenvalue weighted by Crippen LogP contribution is -2.53. The number of carbonyl (C=O) groups is 1. The van der Waals surface area contributed by atoms with E-state index in [1.807, 2.05) is 0 Å². The van der Waals surface area contributed by atoms with Gasteiger partial charge in [0, 0.05) is 17.1 Å². The van der Waals surface area contributed by atoms with E-state index in [-0.39, 0.29) is 34.6 Å². The molecule has 0 bridgehead atoms. The summed E-state index contributed by atoms with van der Waals surface area (Å²) in [6, 6.07) is 6.51. The van der Waals surface area contributed by atoms with Crippen LogP contribution >= 0.6 is 23.2 Å². The molecule has 1 fully saturated rings. The van der Waals surface area contributed by atoms with Gasteiger partial charge in [-0.2, -0.15) is 0 Å². The lowest BCUT2D eigenvalue weighted by Gasteiger charge is -2.30. The smallest absolute Gasteiger partial charge is 0.246 e. The molecule has 0 spiro atoms. The highest BCUT2D eigenvalue weighted by Crippen LogP contribution is 2.43. The first-order chi connectivity index (χ1) is 14.2. The van der Waals surface area contributed by atoms with E-state index in [0.717, 1.165) is 0 Å². The second-order valence-electron chi connectivity index (χ2n) is 7.16. The molecule has 160 valence electrons. The van der Waals surface area contributed by atoms with Gasteiger partial charge in [0.15, 0.2) is 0 Å². The minimum Gasteiger partial charge on any atom is -0.396 e. The fourth-order valence-electron chi connectivity index (χ4n) is 3.97. The molecule has 30 heavy (non-hydrogen) atoms. The van der Waals surface area contributed by atoms with Crippen molar-refractivity contribution in [3.05, 3.63) is 68.1 Å². The lowest BCUT2D eigenvalue weighted by molar-refractivity contribution is -0.527. The summed E-state index contributed by atoms with van der Waals surface area (Å²) in [5.74, 6) is -2.55. The Labute approximate surface area is 181 Å². The number of rotatable bonds is 6. The number of halogens is 3.